The standard InChI is InChI=1S/C22H23FN4O2/c1-15(2)24-20(28)14-26(3)22(29)19-13-27(18-7-5-4-6-8-18)25-21(19)16-9-11-17(23)12-10-16/h4-13,15H,14H2,1-3H3,(H,24,28). The van der Waals surface area contributed by atoms with E-state index < -0.39 is 0 Å². The normalized spacial score (nSPS) is 10.8. The molecule has 6 nitrogen and oxygen atoms in total. The number of hydrogen-bond donors (Lipinski definition) is 1. The first-order valence-electron chi connectivity index (χ1n) is 9.31. The van der Waals surface area contributed by atoms with E-state index in [2.05, 4.69) is 10.4 Å². The third-order valence-electron chi connectivity index (χ3n) is 4.26. The lowest BCUT2D eigenvalue weighted by molar-refractivity contribution is -0.122. The van der Waals surface area contributed by atoms with E-state index in [1.54, 1.807) is 30.1 Å². The monoisotopic (exact) mass is 394 g/mol. The maximum absolute atomic E-state index is 13.4. The zero-order valence-electron chi connectivity index (χ0n) is 16.6. The molecule has 0 saturated carbocycles. The molecule has 0 unspecified atom stereocenters. The number of aromatic nitrogens is 2. The van der Waals surface area contributed by atoms with Crippen molar-refractivity contribution < 1.29 is 14.0 Å². The molecule has 0 saturated heterocycles. The lowest BCUT2D eigenvalue weighted by Gasteiger charge is -2.17. The Balaban J connectivity index is 1.97. The summed E-state index contributed by atoms with van der Waals surface area (Å²) in [5.74, 6) is -0.952. The number of halogens is 1. The van der Waals surface area contributed by atoms with E-state index in [4.69, 9.17) is 0 Å². The molecule has 150 valence electrons. The van der Waals surface area contributed by atoms with Crippen molar-refractivity contribution in [2.45, 2.75) is 19.9 Å². The summed E-state index contributed by atoms with van der Waals surface area (Å²) in [6, 6.07) is 15.2. The largest absolute Gasteiger partial charge is 0.352 e. The predicted octanol–water partition coefficient (Wildman–Crippen LogP) is 3.28. The molecule has 0 aliphatic carbocycles. The van der Waals surface area contributed by atoms with Crippen LogP contribution in [0.1, 0.15) is 24.2 Å². The van der Waals surface area contributed by atoms with Crippen LogP contribution in [0.15, 0.2) is 60.8 Å². The molecule has 0 atom stereocenters. The molecule has 3 rings (SSSR count). The summed E-state index contributed by atoms with van der Waals surface area (Å²) in [5, 5.41) is 7.33. The van der Waals surface area contributed by atoms with E-state index in [9.17, 15) is 14.0 Å². The number of rotatable bonds is 6. The number of benzene rings is 2. The fraction of sp³-hybridized carbons (Fsp3) is 0.227. The van der Waals surface area contributed by atoms with Crippen LogP contribution in [-0.2, 0) is 4.79 Å². The van der Waals surface area contributed by atoms with Crippen molar-refractivity contribution in [2.75, 3.05) is 13.6 Å². The van der Waals surface area contributed by atoms with Crippen molar-refractivity contribution in [1.29, 1.82) is 0 Å². The average Bonchev–Trinajstić information content (AvgIpc) is 3.13. The molecular formula is C22H23FN4O2. The Morgan fingerprint density at radius 3 is 2.38 bits per heavy atom. The van der Waals surface area contributed by atoms with E-state index in [-0.39, 0.29) is 30.2 Å². The van der Waals surface area contributed by atoms with Crippen LogP contribution in [0.3, 0.4) is 0 Å². The van der Waals surface area contributed by atoms with Crippen LogP contribution in [0.4, 0.5) is 4.39 Å². The lowest BCUT2D eigenvalue weighted by Crippen LogP contribution is -2.40. The van der Waals surface area contributed by atoms with Gasteiger partial charge in [0.25, 0.3) is 5.91 Å². The minimum Gasteiger partial charge on any atom is -0.352 e. The molecule has 1 N–H and O–H groups in total. The van der Waals surface area contributed by atoms with Gasteiger partial charge in [-0.2, -0.15) is 5.10 Å². The molecule has 2 amide bonds. The number of nitrogens with one attached hydrogen (secondary N) is 1. The first-order valence-corrected chi connectivity index (χ1v) is 9.31. The van der Waals surface area contributed by atoms with Gasteiger partial charge in [0.1, 0.15) is 11.5 Å². The zero-order valence-corrected chi connectivity index (χ0v) is 16.6. The number of carbonyl (C=O) groups excluding carboxylic acids is 2. The van der Waals surface area contributed by atoms with Crippen LogP contribution in [-0.4, -0.2) is 46.1 Å². The zero-order chi connectivity index (χ0) is 21.0. The average molecular weight is 394 g/mol. The summed E-state index contributed by atoms with van der Waals surface area (Å²) in [4.78, 5) is 26.5. The summed E-state index contributed by atoms with van der Waals surface area (Å²) < 4.78 is 15.0. The van der Waals surface area contributed by atoms with Gasteiger partial charge in [0, 0.05) is 24.8 Å². The van der Waals surface area contributed by atoms with Gasteiger partial charge >= 0.3 is 0 Å². The molecule has 2 aromatic carbocycles. The SMILES string of the molecule is CC(C)NC(=O)CN(C)C(=O)c1cn(-c2ccccc2)nc1-c1ccc(F)cc1. The fourth-order valence-corrected chi connectivity index (χ4v) is 2.92. The molecule has 29 heavy (non-hydrogen) atoms. The van der Waals surface area contributed by atoms with Gasteiger partial charge in [0.2, 0.25) is 5.91 Å². The van der Waals surface area contributed by atoms with Gasteiger partial charge in [-0.05, 0) is 50.2 Å². The van der Waals surface area contributed by atoms with Crippen molar-refractivity contribution in [1.82, 2.24) is 20.0 Å². The van der Waals surface area contributed by atoms with E-state index in [0.29, 0.717) is 16.8 Å². The van der Waals surface area contributed by atoms with Crippen LogP contribution in [0.2, 0.25) is 0 Å². The highest BCUT2D eigenvalue weighted by molar-refractivity contribution is 6.01. The molecule has 0 bridgehead atoms. The second-order valence-electron chi connectivity index (χ2n) is 7.06. The first kappa shape index (κ1) is 20.3. The highest BCUT2D eigenvalue weighted by atomic mass is 19.1. The maximum Gasteiger partial charge on any atom is 0.257 e. The van der Waals surface area contributed by atoms with Gasteiger partial charge in [-0.25, -0.2) is 9.07 Å². The predicted molar refractivity (Wildman–Crippen MR) is 109 cm³/mol. The quantitative estimate of drug-likeness (QED) is 0.698. The summed E-state index contributed by atoms with van der Waals surface area (Å²) >= 11 is 0. The van der Waals surface area contributed by atoms with Crippen LogP contribution in [0.25, 0.3) is 16.9 Å². The second kappa shape index (κ2) is 8.68. The molecule has 7 heteroatoms. The highest BCUT2D eigenvalue weighted by Gasteiger charge is 2.23. The molecule has 0 aliphatic heterocycles. The second-order valence-corrected chi connectivity index (χ2v) is 7.06. The molecule has 1 heterocycles. The number of carbonyl (C=O) groups is 2. The van der Waals surface area contributed by atoms with E-state index in [1.165, 1.54) is 17.0 Å². The third-order valence-corrected chi connectivity index (χ3v) is 4.26. The Bertz CT molecular complexity index is 997. The molecule has 1 aromatic heterocycles. The summed E-state index contributed by atoms with van der Waals surface area (Å²) in [6.07, 6.45) is 1.63. The lowest BCUT2D eigenvalue weighted by atomic mass is 10.1. The van der Waals surface area contributed by atoms with Crippen LogP contribution in [0, 0.1) is 5.82 Å². The van der Waals surface area contributed by atoms with Crippen LogP contribution in [0.5, 0.6) is 0 Å². The number of nitrogens with zero attached hydrogens (tertiary/aromatic N) is 3. The maximum atomic E-state index is 13.4. The van der Waals surface area contributed by atoms with Crippen LogP contribution >= 0.6 is 0 Å². The van der Waals surface area contributed by atoms with Crippen molar-refractivity contribution >= 4 is 11.8 Å². The van der Waals surface area contributed by atoms with Gasteiger partial charge in [-0.1, -0.05) is 18.2 Å². The van der Waals surface area contributed by atoms with Gasteiger partial charge in [-0.15, -0.1) is 0 Å². The highest BCUT2D eigenvalue weighted by Crippen LogP contribution is 2.25. The third kappa shape index (κ3) is 4.87. The topological polar surface area (TPSA) is 67.2 Å². The van der Waals surface area contributed by atoms with E-state index >= 15 is 0 Å². The van der Waals surface area contributed by atoms with Crippen molar-refractivity contribution in [2.24, 2.45) is 0 Å². The molecular weight excluding hydrogens is 371 g/mol. The Hall–Kier alpha value is -3.48. The number of para-hydroxylation sites is 1. The Kier molecular flexibility index (Phi) is 6.07. The molecule has 3 aromatic rings. The molecule has 0 spiro atoms. The van der Waals surface area contributed by atoms with Crippen molar-refractivity contribution in [3.8, 4) is 16.9 Å². The van der Waals surface area contributed by atoms with Crippen molar-refractivity contribution in [3.63, 3.8) is 0 Å². The van der Waals surface area contributed by atoms with E-state index in [0.717, 1.165) is 5.69 Å². The minimum atomic E-state index is -0.369. The molecule has 0 fully saturated rings. The van der Waals surface area contributed by atoms with Crippen LogP contribution < -0.4 is 5.32 Å². The summed E-state index contributed by atoms with van der Waals surface area (Å²) in [7, 11) is 1.57. The summed E-state index contributed by atoms with van der Waals surface area (Å²) in [5.41, 5.74) is 2.16. The minimum absolute atomic E-state index is 0.0124. The molecule has 0 radical (unpaired) electrons. The molecule has 0 aliphatic rings. The Labute approximate surface area is 169 Å². The number of amides is 2. The number of likely N-dealkylation sites (N-methyl/N-ethyl adjacent to an activating group) is 1. The fourth-order valence-electron chi connectivity index (χ4n) is 2.92. The van der Waals surface area contributed by atoms with Gasteiger partial charge in [0.15, 0.2) is 0 Å². The Morgan fingerprint density at radius 1 is 1.10 bits per heavy atom. The van der Waals surface area contributed by atoms with Crippen molar-refractivity contribution in [3.05, 3.63) is 72.2 Å². The Morgan fingerprint density at radius 2 is 1.76 bits per heavy atom. The summed E-state index contributed by atoms with van der Waals surface area (Å²) in [6.45, 7) is 3.64. The smallest absolute Gasteiger partial charge is 0.257 e. The van der Waals surface area contributed by atoms with Gasteiger partial charge < -0.3 is 10.2 Å². The van der Waals surface area contributed by atoms with Gasteiger partial charge in [-0.3, -0.25) is 9.59 Å². The van der Waals surface area contributed by atoms with E-state index in [1.807, 2.05) is 44.2 Å². The number of hydrogen-bond acceptors (Lipinski definition) is 3. The van der Waals surface area contributed by atoms with Gasteiger partial charge in [0.05, 0.1) is 17.8 Å². The first-order chi connectivity index (χ1) is 13.8.